The number of carbonyl (C=O) groups excluding carboxylic acids is 2. The van der Waals surface area contributed by atoms with Gasteiger partial charge in [-0.05, 0) is 37.5 Å². The minimum atomic E-state index is -1.05. The maximum absolute atomic E-state index is 12.4. The molecule has 1 aliphatic carbocycles. The van der Waals surface area contributed by atoms with E-state index in [4.69, 9.17) is 5.11 Å². The quantitative estimate of drug-likeness (QED) is 0.836. The van der Waals surface area contributed by atoms with Gasteiger partial charge in [-0.1, -0.05) is 12.5 Å². The zero-order valence-electron chi connectivity index (χ0n) is 11.1. The van der Waals surface area contributed by atoms with Gasteiger partial charge in [0.25, 0.3) is 0 Å². The predicted octanol–water partition coefficient (Wildman–Crippen LogP) is 1.98. The van der Waals surface area contributed by atoms with Gasteiger partial charge in [-0.3, -0.25) is 9.59 Å². The molecule has 20 heavy (non-hydrogen) atoms. The Kier molecular flexibility index (Phi) is 2.85. The topological polar surface area (TPSA) is 74.7 Å². The van der Waals surface area contributed by atoms with Gasteiger partial charge in [-0.25, -0.2) is 9.69 Å². The number of imide groups is 1. The number of anilines is 1. The van der Waals surface area contributed by atoms with Crippen LogP contribution in [0.2, 0.25) is 0 Å². The molecule has 1 aromatic rings. The van der Waals surface area contributed by atoms with Gasteiger partial charge < -0.3 is 5.11 Å². The highest BCUT2D eigenvalue weighted by Crippen LogP contribution is 2.42. The fourth-order valence-electron chi connectivity index (χ4n) is 3.33. The number of fused-ring (bicyclic) bond motifs is 1. The lowest BCUT2D eigenvalue weighted by Gasteiger charge is -2.19. The summed E-state index contributed by atoms with van der Waals surface area (Å²) in [7, 11) is 0. The summed E-state index contributed by atoms with van der Waals surface area (Å²) in [5, 5.41) is 9.14. The van der Waals surface area contributed by atoms with E-state index in [9.17, 15) is 14.4 Å². The third kappa shape index (κ3) is 1.66. The SMILES string of the molecule is Cc1c(C(=O)O)cccc1N1C(=O)C2CCCC2C1=O. The van der Waals surface area contributed by atoms with Gasteiger partial charge in [0.15, 0.2) is 0 Å². The van der Waals surface area contributed by atoms with Crippen LogP contribution in [-0.4, -0.2) is 22.9 Å². The van der Waals surface area contributed by atoms with E-state index in [0.29, 0.717) is 11.3 Å². The summed E-state index contributed by atoms with van der Waals surface area (Å²) in [6, 6.07) is 4.69. The number of aromatic carboxylic acids is 1. The van der Waals surface area contributed by atoms with Crippen molar-refractivity contribution in [1.82, 2.24) is 0 Å². The van der Waals surface area contributed by atoms with Crippen LogP contribution in [0.4, 0.5) is 5.69 Å². The van der Waals surface area contributed by atoms with Crippen LogP contribution in [0.5, 0.6) is 0 Å². The van der Waals surface area contributed by atoms with Crippen molar-refractivity contribution >= 4 is 23.5 Å². The standard InChI is InChI=1S/C15H15NO4/c1-8-9(15(19)20)4-3-7-12(8)16-13(17)10-5-2-6-11(10)14(16)18/h3-4,7,10-11H,2,5-6H2,1H3,(H,19,20). The summed E-state index contributed by atoms with van der Waals surface area (Å²) in [5.41, 5.74) is 0.996. The number of carboxylic acids is 1. The Balaban J connectivity index is 2.06. The molecule has 3 rings (SSSR count). The van der Waals surface area contributed by atoms with E-state index in [1.54, 1.807) is 19.1 Å². The molecular formula is C15H15NO4. The largest absolute Gasteiger partial charge is 0.478 e. The maximum Gasteiger partial charge on any atom is 0.336 e. The Labute approximate surface area is 116 Å². The molecule has 2 aliphatic rings. The van der Waals surface area contributed by atoms with Crippen LogP contribution in [0.15, 0.2) is 18.2 Å². The van der Waals surface area contributed by atoms with Gasteiger partial charge in [0.1, 0.15) is 0 Å². The first kappa shape index (κ1) is 12.8. The average molecular weight is 273 g/mol. The van der Waals surface area contributed by atoms with E-state index in [1.165, 1.54) is 11.0 Å². The van der Waals surface area contributed by atoms with E-state index in [1.807, 2.05) is 0 Å². The minimum absolute atomic E-state index is 0.125. The first-order valence-corrected chi connectivity index (χ1v) is 6.73. The van der Waals surface area contributed by atoms with Crippen molar-refractivity contribution in [3.8, 4) is 0 Å². The van der Waals surface area contributed by atoms with Crippen molar-refractivity contribution < 1.29 is 19.5 Å². The molecule has 0 spiro atoms. The van der Waals surface area contributed by atoms with Gasteiger partial charge in [-0.2, -0.15) is 0 Å². The Bertz CT molecular complexity index is 600. The summed E-state index contributed by atoms with van der Waals surface area (Å²) in [6.45, 7) is 1.63. The van der Waals surface area contributed by atoms with Gasteiger partial charge in [0, 0.05) is 0 Å². The van der Waals surface area contributed by atoms with Crippen LogP contribution >= 0.6 is 0 Å². The monoisotopic (exact) mass is 273 g/mol. The van der Waals surface area contributed by atoms with Crippen LogP contribution in [0.1, 0.15) is 35.2 Å². The molecule has 0 radical (unpaired) electrons. The van der Waals surface area contributed by atoms with Crippen molar-refractivity contribution in [2.45, 2.75) is 26.2 Å². The molecule has 5 nitrogen and oxygen atoms in total. The number of benzene rings is 1. The highest BCUT2D eigenvalue weighted by atomic mass is 16.4. The summed E-state index contributed by atoms with van der Waals surface area (Å²) in [6.07, 6.45) is 2.42. The summed E-state index contributed by atoms with van der Waals surface area (Å²) >= 11 is 0. The van der Waals surface area contributed by atoms with Crippen molar-refractivity contribution in [2.75, 3.05) is 4.90 Å². The van der Waals surface area contributed by atoms with Crippen LogP contribution < -0.4 is 4.90 Å². The third-order valence-corrected chi connectivity index (χ3v) is 4.37. The summed E-state index contributed by atoms with van der Waals surface area (Å²) in [4.78, 5) is 37.1. The van der Waals surface area contributed by atoms with E-state index in [0.717, 1.165) is 19.3 Å². The molecule has 2 fully saturated rings. The fraction of sp³-hybridized carbons (Fsp3) is 0.400. The zero-order valence-corrected chi connectivity index (χ0v) is 11.1. The Morgan fingerprint density at radius 2 is 1.80 bits per heavy atom. The number of carbonyl (C=O) groups is 3. The molecule has 1 saturated carbocycles. The predicted molar refractivity (Wildman–Crippen MR) is 71.5 cm³/mol. The summed E-state index contributed by atoms with van der Waals surface area (Å²) < 4.78 is 0. The minimum Gasteiger partial charge on any atom is -0.478 e. The molecule has 2 unspecified atom stereocenters. The van der Waals surface area contributed by atoms with Crippen molar-refractivity contribution in [1.29, 1.82) is 0 Å². The molecule has 1 aromatic carbocycles. The summed E-state index contributed by atoms with van der Waals surface area (Å²) in [5.74, 6) is -1.83. The second-order valence-electron chi connectivity index (χ2n) is 5.41. The Hall–Kier alpha value is -2.17. The number of hydrogen-bond donors (Lipinski definition) is 1. The lowest BCUT2D eigenvalue weighted by Crippen LogP contribution is -2.32. The number of amides is 2. The van der Waals surface area contributed by atoms with E-state index < -0.39 is 5.97 Å². The third-order valence-electron chi connectivity index (χ3n) is 4.37. The molecule has 1 aliphatic heterocycles. The smallest absolute Gasteiger partial charge is 0.336 e. The van der Waals surface area contributed by atoms with E-state index in [-0.39, 0.29) is 29.2 Å². The van der Waals surface area contributed by atoms with Crippen molar-refractivity contribution in [3.63, 3.8) is 0 Å². The molecule has 2 amide bonds. The molecular weight excluding hydrogens is 258 g/mol. The highest BCUT2D eigenvalue weighted by molar-refractivity contribution is 6.22. The highest BCUT2D eigenvalue weighted by Gasteiger charge is 2.50. The fourth-order valence-corrected chi connectivity index (χ4v) is 3.33. The molecule has 0 bridgehead atoms. The van der Waals surface area contributed by atoms with Crippen LogP contribution in [0, 0.1) is 18.8 Å². The second-order valence-corrected chi connectivity index (χ2v) is 5.41. The van der Waals surface area contributed by atoms with E-state index >= 15 is 0 Å². The van der Waals surface area contributed by atoms with Gasteiger partial charge in [0.2, 0.25) is 11.8 Å². The van der Waals surface area contributed by atoms with Gasteiger partial charge in [0.05, 0.1) is 23.1 Å². The second kappa shape index (κ2) is 4.44. The molecule has 1 saturated heterocycles. The number of hydrogen-bond acceptors (Lipinski definition) is 3. The Morgan fingerprint density at radius 1 is 1.20 bits per heavy atom. The number of carboxylic acid groups (broad SMARTS) is 1. The van der Waals surface area contributed by atoms with Gasteiger partial charge >= 0.3 is 5.97 Å². The van der Waals surface area contributed by atoms with E-state index in [2.05, 4.69) is 0 Å². The number of nitrogens with zero attached hydrogens (tertiary/aromatic N) is 1. The van der Waals surface area contributed by atoms with Crippen molar-refractivity contribution in [3.05, 3.63) is 29.3 Å². The van der Waals surface area contributed by atoms with Crippen LogP contribution in [0.3, 0.4) is 0 Å². The molecule has 0 aromatic heterocycles. The Morgan fingerprint density at radius 3 is 2.35 bits per heavy atom. The van der Waals surface area contributed by atoms with Crippen LogP contribution in [0.25, 0.3) is 0 Å². The molecule has 1 heterocycles. The molecule has 1 N–H and O–H groups in total. The average Bonchev–Trinajstić information content (AvgIpc) is 2.96. The first-order valence-electron chi connectivity index (χ1n) is 6.73. The molecule has 104 valence electrons. The van der Waals surface area contributed by atoms with Gasteiger partial charge in [-0.15, -0.1) is 0 Å². The molecule has 5 heteroatoms. The number of rotatable bonds is 2. The zero-order chi connectivity index (χ0) is 14.4. The van der Waals surface area contributed by atoms with Crippen molar-refractivity contribution in [2.24, 2.45) is 11.8 Å². The normalized spacial score (nSPS) is 25.1. The lowest BCUT2D eigenvalue weighted by atomic mass is 10.00. The maximum atomic E-state index is 12.4. The van der Waals surface area contributed by atoms with Crippen LogP contribution in [-0.2, 0) is 9.59 Å². The molecule has 2 atom stereocenters. The lowest BCUT2D eigenvalue weighted by molar-refractivity contribution is -0.122. The first-order chi connectivity index (χ1) is 9.52.